The number of nitrogens with zero attached hydrogens (tertiary/aromatic N) is 3. The fourth-order valence-corrected chi connectivity index (χ4v) is 3.59. The summed E-state index contributed by atoms with van der Waals surface area (Å²) in [6.07, 6.45) is 0. The molecule has 3 rings (SSSR count). The van der Waals surface area contributed by atoms with E-state index in [2.05, 4.69) is 15.5 Å². The van der Waals surface area contributed by atoms with Gasteiger partial charge in [0.25, 0.3) is 5.91 Å². The van der Waals surface area contributed by atoms with Crippen LogP contribution in [-0.4, -0.2) is 39.3 Å². The van der Waals surface area contributed by atoms with Crippen molar-refractivity contribution in [1.82, 2.24) is 20.1 Å². The topological polar surface area (TPSA) is 86.1 Å². The van der Waals surface area contributed by atoms with Crippen LogP contribution in [0.1, 0.15) is 39.5 Å². The Morgan fingerprint density at radius 3 is 2.55 bits per heavy atom. The Morgan fingerprint density at radius 1 is 1.10 bits per heavy atom. The van der Waals surface area contributed by atoms with Crippen molar-refractivity contribution in [3.8, 4) is 5.75 Å². The van der Waals surface area contributed by atoms with E-state index in [1.54, 1.807) is 48.1 Å². The molecule has 0 aliphatic carbocycles. The highest BCUT2D eigenvalue weighted by Crippen LogP contribution is 2.21. The number of methoxy groups -OCH3 is 1. The second-order valence-electron chi connectivity index (χ2n) is 6.40. The summed E-state index contributed by atoms with van der Waals surface area (Å²) in [7, 11) is 3.38. The van der Waals surface area contributed by atoms with E-state index in [0.29, 0.717) is 27.9 Å². The molecule has 0 fully saturated rings. The van der Waals surface area contributed by atoms with Crippen molar-refractivity contribution in [3.05, 3.63) is 71.5 Å². The molecule has 8 heteroatoms. The summed E-state index contributed by atoms with van der Waals surface area (Å²) in [5.74, 6) is 1.28. The molecule has 150 valence electrons. The number of aromatic nitrogens is 3. The first-order valence-electron chi connectivity index (χ1n) is 9.05. The number of ketones is 1. The van der Waals surface area contributed by atoms with Crippen LogP contribution >= 0.6 is 11.8 Å². The van der Waals surface area contributed by atoms with Gasteiger partial charge in [-0.1, -0.05) is 42.1 Å². The first kappa shape index (κ1) is 20.6. The van der Waals surface area contributed by atoms with Gasteiger partial charge in [-0.15, -0.1) is 10.2 Å². The molecule has 7 nitrogen and oxygen atoms in total. The van der Waals surface area contributed by atoms with Crippen LogP contribution < -0.4 is 10.1 Å². The van der Waals surface area contributed by atoms with Crippen LogP contribution in [0.2, 0.25) is 0 Å². The number of ether oxygens (including phenoxy) is 1. The number of Topliss-reactive ketones (excluding diaryl/α,β-unsaturated/α-hetero) is 1. The molecule has 1 unspecified atom stereocenters. The smallest absolute Gasteiger partial charge is 0.251 e. The summed E-state index contributed by atoms with van der Waals surface area (Å²) in [5, 5.41) is 11.9. The summed E-state index contributed by atoms with van der Waals surface area (Å²) in [5.41, 5.74) is 1.17. The fraction of sp³-hybridized carbons (Fsp3) is 0.238. The van der Waals surface area contributed by atoms with Gasteiger partial charge in [-0.2, -0.15) is 0 Å². The molecule has 0 aliphatic heterocycles. The maximum atomic E-state index is 12.4. The standard InChI is InChI=1S/C21H22N4O3S/c1-14(22-20(27)15-8-5-4-6-9-15)19-23-24-21(25(19)2)29-13-18(26)16-10-7-11-17(12-16)28-3/h4-12,14H,13H2,1-3H3,(H,22,27). The lowest BCUT2D eigenvalue weighted by Crippen LogP contribution is -2.28. The van der Waals surface area contributed by atoms with E-state index in [0.717, 1.165) is 0 Å². The Morgan fingerprint density at radius 2 is 1.83 bits per heavy atom. The summed E-state index contributed by atoms with van der Waals surface area (Å²) in [6, 6.07) is 15.7. The molecule has 2 aromatic carbocycles. The van der Waals surface area contributed by atoms with Crippen LogP contribution in [0.5, 0.6) is 5.75 Å². The number of carbonyl (C=O) groups is 2. The van der Waals surface area contributed by atoms with Crippen molar-refractivity contribution in [2.75, 3.05) is 12.9 Å². The molecule has 1 aromatic heterocycles. The zero-order chi connectivity index (χ0) is 20.8. The van der Waals surface area contributed by atoms with E-state index in [1.807, 2.05) is 32.2 Å². The molecule has 1 N–H and O–H groups in total. The van der Waals surface area contributed by atoms with Crippen molar-refractivity contribution in [3.63, 3.8) is 0 Å². The Hall–Kier alpha value is -3.13. The predicted molar refractivity (Wildman–Crippen MR) is 111 cm³/mol. The fourth-order valence-electron chi connectivity index (χ4n) is 2.77. The molecule has 0 spiro atoms. The van der Waals surface area contributed by atoms with Gasteiger partial charge >= 0.3 is 0 Å². The number of benzene rings is 2. The zero-order valence-electron chi connectivity index (χ0n) is 16.5. The number of carbonyl (C=O) groups excluding carboxylic acids is 2. The second-order valence-corrected chi connectivity index (χ2v) is 7.35. The number of thioether (sulfide) groups is 1. The van der Waals surface area contributed by atoms with Crippen molar-refractivity contribution < 1.29 is 14.3 Å². The van der Waals surface area contributed by atoms with Gasteiger partial charge in [-0.25, -0.2) is 0 Å². The molecular formula is C21H22N4O3S. The SMILES string of the molecule is COc1cccc(C(=O)CSc2nnc(C(C)NC(=O)c3ccccc3)n2C)c1. The molecule has 1 atom stereocenters. The number of amides is 1. The van der Waals surface area contributed by atoms with Gasteiger partial charge in [0.05, 0.1) is 18.9 Å². The minimum Gasteiger partial charge on any atom is -0.497 e. The van der Waals surface area contributed by atoms with Gasteiger partial charge in [0.15, 0.2) is 16.8 Å². The monoisotopic (exact) mass is 410 g/mol. The van der Waals surface area contributed by atoms with E-state index < -0.39 is 0 Å². The number of hydrogen-bond donors (Lipinski definition) is 1. The lowest BCUT2D eigenvalue weighted by molar-refractivity contribution is 0.0937. The van der Waals surface area contributed by atoms with Gasteiger partial charge in [0.1, 0.15) is 5.75 Å². The molecule has 0 saturated heterocycles. The predicted octanol–water partition coefficient (Wildman–Crippen LogP) is 3.29. The van der Waals surface area contributed by atoms with Gasteiger partial charge < -0.3 is 14.6 Å². The highest BCUT2D eigenvalue weighted by atomic mass is 32.2. The first-order chi connectivity index (χ1) is 14.0. The van der Waals surface area contributed by atoms with Crippen LogP contribution in [0.4, 0.5) is 0 Å². The van der Waals surface area contributed by atoms with Crippen molar-refractivity contribution in [2.45, 2.75) is 18.1 Å². The Balaban J connectivity index is 1.62. The third-order valence-corrected chi connectivity index (χ3v) is 5.38. The summed E-state index contributed by atoms with van der Waals surface area (Å²) >= 11 is 1.30. The van der Waals surface area contributed by atoms with Crippen LogP contribution in [0.15, 0.2) is 59.8 Å². The van der Waals surface area contributed by atoms with E-state index in [4.69, 9.17) is 4.74 Å². The summed E-state index contributed by atoms with van der Waals surface area (Å²) in [6.45, 7) is 1.85. The van der Waals surface area contributed by atoms with E-state index >= 15 is 0 Å². The summed E-state index contributed by atoms with van der Waals surface area (Å²) < 4.78 is 6.95. The van der Waals surface area contributed by atoms with E-state index in [1.165, 1.54) is 11.8 Å². The van der Waals surface area contributed by atoms with Gasteiger partial charge in [0.2, 0.25) is 0 Å². The second kappa shape index (κ2) is 9.38. The molecule has 29 heavy (non-hydrogen) atoms. The normalized spacial score (nSPS) is 11.7. The Labute approximate surface area is 173 Å². The zero-order valence-corrected chi connectivity index (χ0v) is 17.3. The largest absolute Gasteiger partial charge is 0.497 e. The minimum atomic E-state index is -0.330. The van der Waals surface area contributed by atoms with Gasteiger partial charge in [-0.3, -0.25) is 9.59 Å². The van der Waals surface area contributed by atoms with Crippen molar-refractivity contribution in [2.24, 2.45) is 7.05 Å². The highest BCUT2D eigenvalue weighted by Gasteiger charge is 2.19. The minimum absolute atomic E-state index is 0.0242. The maximum Gasteiger partial charge on any atom is 0.251 e. The van der Waals surface area contributed by atoms with Crippen LogP contribution in [0.3, 0.4) is 0 Å². The molecule has 0 bridgehead atoms. The van der Waals surface area contributed by atoms with E-state index in [-0.39, 0.29) is 23.5 Å². The molecule has 1 heterocycles. The number of rotatable bonds is 8. The quantitative estimate of drug-likeness (QED) is 0.453. The third-order valence-electron chi connectivity index (χ3n) is 4.36. The third kappa shape index (κ3) is 5.03. The molecule has 3 aromatic rings. The maximum absolute atomic E-state index is 12.4. The number of nitrogens with one attached hydrogen (secondary N) is 1. The number of hydrogen-bond acceptors (Lipinski definition) is 6. The van der Waals surface area contributed by atoms with Crippen LogP contribution in [0, 0.1) is 0 Å². The molecule has 0 saturated carbocycles. The molecular weight excluding hydrogens is 388 g/mol. The highest BCUT2D eigenvalue weighted by molar-refractivity contribution is 7.99. The van der Waals surface area contributed by atoms with Crippen molar-refractivity contribution >= 4 is 23.5 Å². The van der Waals surface area contributed by atoms with Crippen molar-refractivity contribution in [1.29, 1.82) is 0 Å². The van der Waals surface area contributed by atoms with Crippen LogP contribution in [0.25, 0.3) is 0 Å². The first-order valence-corrected chi connectivity index (χ1v) is 10.0. The average Bonchev–Trinajstić information content (AvgIpc) is 3.13. The van der Waals surface area contributed by atoms with E-state index in [9.17, 15) is 9.59 Å². The van der Waals surface area contributed by atoms with Crippen LogP contribution in [-0.2, 0) is 7.05 Å². The Bertz CT molecular complexity index is 1000. The average molecular weight is 410 g/mol. The molecule has 1 amide bonds. The van der Waals surface area contributed by atoms with Gasteiger partial charge in [0, 0.05) is 18.2 Å². The lowest BCUT2D eigenvalue weighted by atomic mass is 10.1. The summed E-state index contributed by atoms with van der Waals surface area (Å²) in [4.78, 5) is 24.8. The Kier molecular flexibility index (Phi) is 6.66. The lowest BCUT2D eigenvalue weighted by Gasteiger charge is -2.13. The molecule has 0 radical (unpaired) electrons. The van der Waals surface area contributed by atoms with Gasteiger partial charge in [-0.05, 0) is 31.2 Å². The molecule has 0 aliphatic rings.